The molecule has 0 aliphatic carbocycles. The first-order valence-corrected chi connectivity index (χ1v) is 6.70. The van der Waals surface area contributed by atoms with Crippen molar-refractivity contribution < 1.29 is 9.47 Å². The molecule has 0 N–H and O–H groups in total. The van der Waals surface area contributed by atoms with Crippen molar-refractivity contribution >= 4 is 5.96 Å². The summed E-state index contributed by atoms with van der Waals surface area (Å²) in [6.07, 6.45) is 0.886. The number of benzene rings is 1. The lowest BCUT2D eigenvalue weighted by Gasteiger charge is -2.22. The summed E-state index contributed by atoms with van der Waals surface area (Å²) in [5, 5.41) is 0. The maximum Gasteiger partial charge on any atom is 0.195 e. The molecule has 0 bridgehead atoms. The van der Waals surface area contributed by atoms with Crippen molar-refractivity contribution in [2.24, 2.45) is 4.99 Å². The summed E-state index contributed by atoms with van der Waals surface area (Å²) in [5.74, 6) is 2.66. The topological polar surface area (TPSA) is 37.3 Å². The maximum absolute atomic E-state index is 5.66. The Morgan fingerprint density at radius 2 is 1.55 bits per heavy atom. The van der Waals surface area contributed by atoms with E-state index in [9.17, 15) is 0 Å². The molecule has 0 aliphatic heterocycles. The highest BCUT2D eigenvalue weighted by Crippen LogP contribution is 2.16. The summed E-state index contributed by atoms with van der Waals surface area (Å²) in [6.45, 7) is 1.41. The molecular weight excluding hydrogens is 254 g/mol. The highest BCUT2D eigenvalue weighted by molar-refractivity contribution is 5.79. The monoisotopic (exact) mass is 279 g/mol. The van der Waals surface area contributed by atoms with Gasteiger partial charge in [-0.2, -0.15) is 0 Å². The second-order valence-corrected chi connectivity index (χ2v) is 4.85. The zero-order valence-corrected chi connectivity index (χ0v) is 13.1. The fraction of sp³-hybridized carbons (Fsp3) is 0.533. The highest BCUT2D eigenvalue weighted by Gasteiger charge is 2.03. The molecule has 0 unspecified atom stereocenters. The number of methoxy groups -OCH3 is 1. The Balaban J connectivity index is 2.32. The number of guanidine groups is 1. The molecule has 5 heteroatoms. The maximum atomic E-state index is 5.66. The molecule has 0 spiro atoms. The first-order valence-electron chi connectivity index (χ1n) is 6.70. The molecule has 1 rings (SSSR count). The minimum Gasteiger partial charge on any atom is -0.497 e. The molecule has 1 aromatic rings. The summed E-state index contributed by atoms with van der Waals surface area (Å²) in [5.41, 5.74) is 0. The number of aliphatic imine (C=N–C) groups is 1. The molecule has 0 saturated carbocycles. The van der Waals surface area contributed by atoms with Gasteiger partial charge in [0.1, 0.15) is 11.5 Å². The molecule has 0 radical (unpaired) electrons. The van der Waals surface area contributed by atoms with Gasteiger partial charge < -0.3 is 19.3 Å². The average molecular weight is 279 g/mol. The SMILES string of the molecule is COc1ccc(OCCCN=C(N(C)C)N(C)C)cc1. The van der Waals surface area contributed by atoms with E-state index in [-0.39, 0.29) is 0 Å². The molecule has 0 amide bonds. The Hall–Kier alpha value is -1.91. The molecule has 5 nitrogen and oxygen atoms in total. The Labute approximate surface area is 121 Å². The van der Waals surface area contributed by atoms with Gasteiger partial charge in [-0.25, -0.2) is 0 Å². The van der Waals surface area contributed by atoms with Gasteiger partial charge in [0.2, 0.25) is 0 Å². The Morgan fingerprint density at radius 3 is 2.05 bits per heavy atom. The lowest BCUT2D eigenvalue weighted by Crippen LogP contribution is -2.35. The summed E-state index contributed by atoms with van der Waals surface area (Å²) in [7, 11) is 9.62. The third-order valence-corrected chi connectivity index (χ3v) is 2.68. The Bertz CT molecular complexity index is 404. The number of hydrogen-bond acceptors (Lipinski definition) is 3. The molecule has 0 fully saturated rings. The lowest BCUT2D eigenvalue weighted by atomic mass is 10.3. The van der Waals surface area contributed by atoms with Crippen LogP contribution in [0, 0.1) is 0 Å². The molecule has 0 heterocycles. The minimum absolute atomic E-state index is 0.657. The second kappa shape index (κ2) is 8.30. The normalized spacial score (nSPS) is 9.85. The highest BCUT2D eigenvalue weighted by atomic mass is 16.5. The van der Waals surface area contributed by atoms with Crippen molar-refractivity contribution in [1.29, 1.82) is 0 Å². The van der Waals surface area contributed by atoms with Crippen LogP contribution < -0.4 is 9.47 Å². The van der Waals surface area contributed by atoms with Crippen LogP contribution in [0.2, 0.25) is 0 Å². The van der Waals surface area contributed by atoms with Crippen molar-refractivity contribution in [3.8, 4) is 11.5 Å². The predicted molar refractivity (Wildman–Crippen MR) is 82.8 cm³/mol. The van der Waals surface area contributed by atoms with E-state index in [0.717, 1.165) is 30.4 Å². The van der Waals surface area contributed by atoms with E-state index in [4.69, 9.17) is 9.47 Å². The summed E-state index contributed by atoms with van der Waals surface area (Å²) in [6, 6.07) is 7.60. The van der Waals surface area contributed by atoms with Gasteiger partial charge in [0, 0.05) is 41.2 Å². The van der Waals surface area contributed by atoms with Crippen LogP contribution in [-0.2, 0) is 0 Å². The van der Waals surface area contributed by atoms with Crippen LogP contribution in [0.3, 0.4) is 0 Å². The van der Waals surface area contributed by atoms with Crippen LogP contribution in [-0.4, -0.2) is 64.2 Å². The first-order chi connectivity index (χ1) is 9.54. The van der Waals surface area contributed by atoms with Crippen LogP contribution >= 0.6 is 0 Å². The standard InChI is InChI=1S/C15H25N3O2/c1-17(2)15(18(3)4)16-11-6-12-20-14-9-7-13(19-5)8-10-14/h7-10H,6,11-12H2,1-5H3. The summed E-state index contributed by atoms with van der Waals surface area (Å²) >= 11 is 0. The van der Waals surface area contributed by atoms with Gasteiger partial charge in [-0.3, -0.25) is 4.99 Å². The molecule has 20 heavy (non-hydrogen) atoms. The zero-order chi connectivity index (χ0) is 15.0. The molecule has 0 aromatic heterocycles. The fourth-order valence-electron chi connectivity index (χ4n) is 1.79. The van der Waals surface area contributed by atoms with E-state index in [0.29, 0.717) is 6.61 Å². The van der Waals surface area contributed by atoms with Crippen LogP contribution in [0.5, 0.6) is 11.5 Å². The Morgan fingerprint density at radius 1 is 1.00 bits per heavy atom. The molecule has 112 valence electrons. The quantitative estimate of drug-likeness (QED) is 0.453. The number of ether oxygens (including phenoxy) is 2. The zero-order valence-electron chi connectivity index (χ0n) is 13.1. The number of hydrogen-bond donors (Lipinski definition) is 0. The van der Waals surface area contributed by atoms with Gasteiger partial charge >= 0.3 is 0 Å². The van der Waals surface area contributed by atoms with Crippen molar-refractivity contribution in [3.63, 3.8) is 0 Å². The lowest BCUT2D eigenvalue weighted by molar-refractivity contribution is 0.312. The fourth-order valence-corrected chi connectivity index (χ4v) is 1.79. The van der Waals surface area contributed by atoms with E-state index in [1.165, 1.54) is 0 Å². The Kier molecular flexibility index (Phi) is 6.70. The van der Waals surface area contributed by atoms with Gasteiger partial charge in [0.05, 0.1) is 13.7 Å². The second-order valence-electron chi connectivity index (χ2n) is 4.85. The number of nitrogens with zero attached hydrogens (tertiary/aromatic N) is 3. The van der Waals surface area contributed by atoms with Gasteiger partial charge in [-0.1, -0.05) is 0 Å². The van der Waals surface area contributed by atoms with E-state index >= 15 is 0 Å². The van der Waals surface area contributed by atoms with Gasteiger partial charge in [0.15, 0.2) is 5.96 Å². The average Bonchev–Trinajstić information content (AvgIpc) is 2.42. The van der Waals surface area contributed by atoms with Crippen molar-refractivity contribution in [2.45, 2.75) is 6.42 Å². The smallest absolute Gasteiger partial charge is 0.195 e. The van der Waals surface area contributed by atoms with Crippen LogP contribution in [0.1, 0.15) is 6.42 Å². The molecule has 0 atom stereocenters. The van der Waals surface area contributed by atoms with E-state index < -0.39 is 0 Å². The van der Waals surface area contributed by atoms with Crippen LogP contribution in [0.15, 0.2) is 29.3 Å². The van der Waals surface area contributed by atoms with Crippen LogP contribution in [0.4, 0.5) is 0 Å². The third kappa shape index (κ3) is 5.38. The molecule has 0 saturated heterocycles. The largest absolute Gasteiger partial charge is 0.497 e. The van der Waals surface area contributed by atoms with Crippen molar-refractivity contribution in [1.82, 2.24) is 9.80 Å². The third-order valence-electron chi connectivity index (χ3n) is 2.68. The van der Waals surface area contributed by atoms with Crippen molar-refractivity contribution in [2.75, 3.05) is 48.5 Å². The minimum atomic E-state index is 0.657. The van der Waals surface area contributed by atoms with Crippen LogP contribution in [0.25, 0.3) is 0 Å². The van der Waals surface area contributed by atoms with E-state index in [1.54, 1.807) is 7.11 Å². The van der Waals surface area contributed by atoms with Gasteiger partial charge in [-0.15, -0.1) is 0 Å². The first kappa shape index (κ1) is 16.1. The van der Waals surface area contributed by atoms with Gasteiger partial charge in [-0.05, 0) is 24.3 Å². The van der Waals surface area contributed by atoms with Crippen molar-refractivity contribution in [3.05, 3.63) is 24.3 Å². The number of rotatable bonds is 6. The van der Waals surface area contributed by atoms with E-state index in [1.807, 2.05) is 62.3 Å². The molecule has 1 aromatic carbocycles. The molecule has 0 aliphatic rings. The van der Waals surface area contributed by atoms with Gasteiger partial charge in [0.25, 0.3) is 0 Å². The predicted octanol–water partition coefficient (Wildman–Crippen LogP) is 1.94. The summed E-state index contributed by atoms with van der Waals surface area (Å²) in [4.78, 5) is 8.56. The van der Waals surface area contributed by atoms with E-state index in [2.05, 4.69) is 4.99 Å². The summed E-state index contributed by atoms with van der Waals surface area (Å²) < 4.78 is 10.8. The molecular formula is C15H25N3O2.